The van der Waals surface area contributed by atoms with Crippen LogP contribution in [0.4, 0.5) is 0 Å². The Labute approximate surface area is 177 Å². The number of aromatic nitrogens is 6. The molecule has 0 amide bonds. The van der Waals surface area contributed by atoms with Crippen molar-refractivity contribution in [3.05, 3.63) is 68.9 Å². The third kappa shape index (κ3) is 3.49. The number of thioether (sulfide) groups is 1. The van der Waals surface area contributed by atoms with E-state index >= 15 is 0 Å². The second-order valence-corrected chi connectivity index (χ2v) is 8.46. The molecule has 9 heteroatoms. The Morgan fingerprint density at radius 3 is 2.67 bits per heavy atom. The van der Waals surface area contributed by atoms with Crippen molar-refractivity contribution in [3.8, 4) is 5.69 Å². The molecule has 3 heterocycles. The maximum atomic E-state index is 12.8. The average molecular weight is 425 g/mol. The largest absolute Gasteiger partial charge is 0.332 e. The highest BCUT2D eigenvalue weighted by molar-refractivity contribution is 7.99. The molecule has 4 rings (SSSR count). The van der Waals surface area contributed by atoms with Crippen LogP contribution in [0.5, 0.6) is 0 Å². The van der Waals surface area contributed by atoms with Gasteiger partial charge in [0.15, 0.2) is 16.3 Å². The number of hydrogen-bond acceptors (Lipinski definition) is 5. The lowest BCUT2D eigenvalue weighted by atomic mass is 10.1. The molecule has 0 radical (unpaired) electrons. The van der Waals surface area contributed by atoms with Gasteiger partial charge in [0.05, 0.1) is 12.0 Å². The Balaban J connectivity index is 1.50. The number of imidazole rings is 2. The number of fused-ring (bicyclic) bond motifs is 1. The van der Waals surface area contributed by atoms with Crippen molar-refractivity contribution >= 4 is 22.9 Å². The van der Waals surface area contributed by atoms with Crippen molar-refractivity contribution < 1.29 is 0 Å². The van der Waals surface area contributed by atoms with Gasteiger partial charge in [-0.15, -0.1) is 0 Å². The highest BCUT2D eigenvalue weighted by Gasteiger charge is 2.15. The van der Waals surface area contributed by atoms with Crippen LogP contribution in [-0.4, -0.2) is 34.0 Å². The summed E-state index contributed by atoms with van der Waals surface area (Å²) in [6.07, 6.45) is 5.97. The third-order valence-electron chi connectivity index (χ3n) is 5.18. The first kappa shape index (κ1) is 20.2. The van der Waals surface area contributed by atoms with Gasteiger partial charge in [-0.3, -0.25) is 18.5 Å². The van der Waals surface area contributed by atoms with E-state index in [1.54, 1.807) is 42.9 Å². The van der Waals surface area contributed by atoms with Crippen LogP contribution in [0.3, 0.4) is 0 Å². The molecular formula is C21H24N6O2S. The Morgan fingerprint density at radius 1 is 1.10 bits per heavy atom. The maximum Gasteiger partial charge on any atom is 0.332 e. The van der Waals surface area contributed by atoms with Gasteiger partial charge in [-0.05, 0) is 31.9 Å². The van der Waals surface area contributed by atoms with Gasteiger partial charge in [-0.2, -0.15) is 0 Å². The van der Waals surface area contributed by atoms with E-state index < -0.39 is 0 Å². The number of hydrogen-bond donors (Lipinski definition) is 0. The van der Waals surface area contributed by atoms with Gasteiger partial charge in [0, 0.05) is 38.8 Å². The third-order valence-corrected chi connectivity index (χ3v) is 6.23. The fourth-order valence-corrected chi connectivity index (χ4v) is 4.52. The van der Waals surface area contributed by atoms with Crippen molar-refractivity contribution in [1.29, 1.82) is 0 Å². The normalized spacial score (nSPS) is 11.5. The number of aryl methyl sites for hydroxylation is 4. The molecule has 30 heavy (non-hydrogen) atoms. The molecule has 0 saturated heterocycles. The number of benzene rings is 1. The van der Waals surface area contributed by atoms with Gasteiger partial charge in [-0.1, -0.05) is 29.5 Å². The fraction of sp³-hybridized carbons (Fsp3) is 0.333. The minimum atomic E-state index is -0.340. The Hall–Kier alpha value is -3.07. The van der Waals surface area contributed by atoms with Crippen LogP contribution >= 0.6 is 11.8 Å². The zero-order chi connectivity index (χ0) is 21.4. The summed E-state index contributed by atoms with van der Waals surface area (Å²) in [6.45, 7) is 4.52. The van der Waals surface area contributed by atoms with E-state index in [4.69, 9.17) is 0 Å². The van der Waals surface area contributed by atoms with Crippen LogP contribution in [0.2, 0.25) is 0 Å². The molecule has 8 nitrogen and oxygen atoms in total. The van der Waals surface area contributed by atoms with Crippen molar-refractivity contribution in [2.24, 2.45) is 14.1 Å². The van der Waals surface area contributed by atoms with Gasteiger partial charge in [0.1, 0.15) is 0 Å². The van der Waals surface area contributed by atoms with Crippen LogP contribution in [0.25, 0.3) is 16.9 Å². The highest BCUT2D eigenvalue weighted by Crippen LogP contribution is 2.23. The molecule has 0 N–H and O–H groups in total. The van der Waals surface area contributed by atoms with Crippen molar-refractivity contribution in [3.63, 3.8) is 0 Å². The fourth-order valence-electron chi connectivity index (χ4n) is 3.64. The van der Waals surface area contributed by atoms with Crippen LogP contribution in [0, 0.1) is 13.8 Å². The molecule has 0 spiro atoms. The second-order valence-electron chi connectivity index (χ2n) is 7.40. The topological polar surface area (TPSA) is 79.6 Å². The zero-order valence-corrected chi connectivity index (χ0v) is 18.3. The summed E-state index contributed by atoms with van der Waals surface area (Å²) in [5, 5.41) is 0.893. The molecule has 3 aromatic heterocycles. The molecule has 4 aromatic rings. The molecule has 0 aliphatic carbocycles. The standard InChI is InChI=1S/C21H24N6O2S/c1-14-6-7-16(15(2)12-14)26-10-8-22-20(26)30-11-5-9-27-19(28)17-18(23-13-24(17)3)25(4)21(27)29/h6-8,10,12-13H,5,9,11H2,1-4H3. The molecule has 1 aromatic carbocycles. The summed E-state index contributed by atoms with van der Waals surface area (Å²) >= 11 is 1.62. The number of nitrogens with zero attached hydrogens (tertiary/aromatic N) is 6. The Bertz CT molecular complexity index is 1340. The van der Waals surface area contributed by atoms with E-state index in [0.29, 0.717) is 24.1 Å². The molecule has 0 saturated carbocycles. The molecule has 0 bridgehead atoms. The summed E-state index contributed by atoms with van der Waals surface area (Å²) in [5.41, 5.74) is 3.73. The summed E-state index contributed by atoms with van der Waals surface area (Å²) in [5.74, 6) is 0.737. The Kier molecular flexibility index (Phi) is 5.38. The van der Waals surface area contributed by atoms with Crippen LogP contribution in [0.1, 0.15) is 17.5 Å². The number of rotatable bonds is 6. The summed E-state index contributed by atoms with van der Waals surface area (Å²) in [7, 11) is 3.40. The summed E-state index contributed by atoms with van der Waals surface area (Å²) in [4.78, 5) is 34.0. The first-order valence-corrected chi connectivity index (χ1v) is 10.7. The average Bonchev–Trinajstić information content (AvgIpc) is 3.32. The highest BCUT2D eigenvalue weighted by atomic mass is 32.2. The Morgan fingerprint density at radius 2 is 1.90 bits per heavy atom. The lowest BCUT2D eigenvalue weighted by Gasteiger charge is -2.11. The van der Waals surface area contributed by atoms with Gasteiger partial charge in [0.2, 0.25) is 0 Å². The second kappa shape index (κ2) is 7.98. The predicted octanol–water partition coefficient (Wildman–Crippen LogP) is 2.42. The SMILES string of the molecule is Cc1ccc(-n2ccnc2SCCCn2c(=O)c3c(ncn3C)n(C)c2=O)c(C)c1. The smallest absolute Gasteiger partial charge is 0.328 e. The van der Waals surface area contributed by atoms with E-state index in [-0.39, 0.29) is 11.2 Å². The minimum Gasteiger partial charge on any atom is -0.328 e. The van der Waals surface area contributed by atoms with Crippen molar-refractivity contribution in [1.82, 2.24) is 28.2 Å². The first-order valence-electron chi connectivity index (χ1n) is 9.73. The van der Waals surface area contributed by atoms with E-state index in [9.17, 15) is 9.59 Å². The summed E-state index contributed by atoms with van der Waals surface area (Å²) < 4.78 is 6.45. The quantitative estimate of drug-likeness (QED) is 0.351. The monoisotopic (exact) mass is 424 g/mol. The molecule has 0 unspecified atom stereocenters. The molecular weight excluding hydrogens is 400 g/mol. The lowest BCUT2D eigenvalue weighted by Crippen LogP contribution is -2.39. The molecule has 0 fully saturated rings. The van der Waals surface area contributed by atoms with Gasteiger partial charge >= 0.3 is 5.69 Å². The first-order chi connectivity index (χ1) is 14.4. The van der Waals surface area contributed by atoms with Crippen LogP contribution in [0.15, 0.2) is 51.7 Å². The predicted molar refractivity (Wildman–Crippen MR) is 119 cm³/mol. The van der Waals surface area contributed by atoms with Gasteiger partial charge in [-0.25, -0.2) is 14.8 Å². The van der Waals surface area contributed by atoms with E-state index in [1.807, 2.05) is 6.20 Å². The minimum absolute atomic E-state index is 0.296. The molecule has 0 aliphatic rings. The maximum absolute atomic E-state index is 12.8. The van der Waals surface area contributed by atoms with E-state index in [0.717, 1.165) is 16.6 Å². The van der Waals surface area contributed by atoms with E-state index in [2.05, 4.69) is 46.6 Å². The summed E-state index contributed by atoms with van der Waals surface area (Å²) in [6, 6.07) is 6.34. The molecule has 0 aliphatic heterocycles. The molecule has 156 valence electrons. The lowest BCUT2D eigenvalue weighted by molar-refractivity contribution is 0.594. The van der Waals surface area contributed by atoms with Crippen molar-refractivity contribution in [2.75, 3.05) is 5.75 Å². The zero-order valence-electron chi connectivity index (χ0n) is 17.5. The van der Waals surface area contributed by atoms with E-state index in [1.165, 1.54) is 20.3 Å². The van der Waals surface area contributed by atoms with Crippen LogP contribution < -0.4 is 11.2 Å². The molecule has 0 atom stereocenters. The van der Waals surface area contributed by atoms with Crippen molar-refractivity contribution in [2.45, 2.75) is 32.0 Å². The van der Waals surface area contributed by atoms with Gasteiger partial charge < -0.3 is 4.57 Å². The van der Waals surface area contributed by atoms with Gasteiger partial charge in [0.25, 0.3) is 5.56 Å². The van der Waals surface area contributed by atoms with Crippen LogP contribution in [-0.2, 0) is 20.6 Å².